The largest absolute Gasteiger partial charge is 0.395 e. The molecule has 3 heteroatoms. The summed E-state index contributed by atoms with van der Waals surface area (Å²) in [6, 6.07) is 0.446. The molecule has 0 aliphatic carbocycles. The Morgan fingerprint density at radius 1 is 1.46 bits per heavy atom. The molecule has 78 valence electrons. The lowest BCUT2D eigenvalue weighted by Gasteiger charge is -2.23. The highest BCUT2D eigenvalue weighted by molar-refractivity contribution is 4.78. The van der Waals surface area contributed by atoms with E-state index in [1.54, 1.807) is 0 Å². The predicted octanol–water partition coefficient (Wildman–Crippen LogP) is 0.395. The van der Waals surface area contributed by atoms with Gasteiger partial charge in [0.05, 0.1) is 6.61 Å². The maximum atomic E-state index is 9.09. The van der Waals surface area contributed by atoms with Gasteiger partial charge in [-0.3, -0.25) is 4.90 Å². The number of nitrogens with zero attached hydrogens (tertiary/aromatic N) is 2. The molecule has 1 aliphatic heterocycles. The quantitative estimate of drug-likeness (QED) is 0.673. The van der Waals surface area contributed by atoms with Crippen LogP contribution >= 0.6 is 0 Å². The fourth-order valence-electron chi connectivity index (χ4n) is 1.99. The fraction of sp³-hybridized carbons (Fsp3) is 1.00. The topological polar surface area (TPSA) is 26.7 Å². The zero-order valence-electron chi connectivity index (χ0n) is 8.87. The Morgan fingerprint density at radius 2 is 2.23 bits per heavy atom. The minimum Gasteiger partial charge on any atom is -0.395 e. The second-order valence-electron chi connectivity index (χ2n) is 4.17. The summed E-state index contributed by atoms with van der Waals surface area (Å²) in [5.74, 6) is 0. The van der Waals surface area contributed by atoms with Crippen molar-refractivity contribution in [3.63, 3.8) is 0 Å². The monoisotopic (exact) mass is 186 g/mol. The van der Waals surface area contributed by atoms with Crippen LogP contribution in [0.5, 0.6) is 0 Å². The lowest BCUT2D eigenvalue weighted by atomic mass is 10.2. The van der Waals surface area contributed by atoms with E-state index >= 15 is 0 Å². The molecule has 0 radical (unpaired) electrons. The Labute approximate surface area is 81.3 Å². The molecule has 0 unspecified atom stereocenters. The number of likely N-dealkylation sites (tertiary alicyclic amines) is 1. The van der Waals surface area contributed by atoms with Crippen LogP contribution in [0.3, 0.4) is 0 Å². The van der Waals surface area contributed by atoms with Crippen molar-refractivity contribution in [3.8, 4) is 0 Å². The second-order valence-corrected chi connectivity index (χ2v) is 4.17. The summed E-state index contributed by atoms with van der Waals surface area (Å²) in [5.41, 5.74) is 0. The molecule has 0 saturated carbocycles. The van der Waals surface area contributed by atoms with Crippen molar-refractivity contribution in [1.82, 2.24) is 9.80 Å². The number of aliphatic hydroxyl groups is 1. The maximum absolute atomic E-state index is 9.09. The van der Waals surface area contributed by atoms with Gasteiger partial charge < -0.3 is 10.0 Å². The summed E-state index contributed by atoms with van der Waals surface area (Å²) < 4.78 is 0. The highest BCUT2D eigenvalue weighted by Gasteiger charge is 2.22. The minimum absolute atomic E-state index is 0.335. The van der Waals surface area contributed by atoms with Gasteiger partial charge in [0.2, 0.25) is 0 Å². The third kappa shape index (κ3) is 3.63. The van der Waals surface area contributed by atoms with E-state index in [0.717, 1.165) is 13.1 Å². The van der Waals surface area contributed by atoms with Crippen LogP contribution in [0, 0.1) is 0 Å². The molecular weight excluding hydrogens is 164 g/mol. The summed E-state index contributed by atoms with van der Waals surface area (Å²) in [6.07, 6.45) is 3.65. The van der Waals surface area contributed by atoms with Gasteiger partial charge in [-0.15, -0.1) is 0 Å². The molecule has 1 heterocycles. The first-order valence-electron chi connectivity index (χ1n) is 5.23. The molecule has 0 bridgehead atoms. The van der Waals surface area contributed by atoms with Crippen LogP contribution in [0.25, 0.3) is 0 Å². The van der Waals surface area contributed by atoms with Crippen LogP contribution < -0.4 is 0 Å². The van der Waals surface area contributed by atoms with Crippen LogP contribution in [0.4, 0.5) is 0 Å². The molecule has 1 atom stereocenters. The lowest BCUT2D eigenvalue weighted by molar-refractivity contribution is 0.154. The minimum atomic E-state index is 0.335. The average molecular weight is 186 g/mol. The summed E-state index contributed by atoms with van der Waals surface area (Å²) in [6.45, 7) is 3.80. The van der Waals surface area contributed by atoms with Crippen LogP contribution in [0.2, 0.25) is 0 Å². The summed E-state index contributed by atoms with van der Waals surface area (Å²) in [7, 11) is 4.21. The second kappa shape index (κ2) is 5.58. The van der Waals surface area contributed by atoms with Gasteiger partial charge in [0, 0.05) is 6.04 Å². The van der Waals surface area contributed by atoms with Crippen molar-refractivity contribution >= 4 is 0 Å². The van der Waals surface area contributed by atoms with Crippen LogP contribution in [0.1, 0.15) is 19.3 Å². The third-order valence-electron chi connectivity index (χ3n) is 2.76. The molecule has 1 aliphatic rings. The van der Waals surface area contributed by atoms with Crippen LogP contribution in [0.15, 0.2) is 0 Å². The van der Waals surface area contributed by atoms with Crippen molar-refractivity contribution in [2.45, 2.75) is 25.3 Å². The van der Waals surface area contributed by atoms with Gasteiger partial charge in [-0.1, -0.05) is 0 Å². The molecule has 0 amide bonds. The number of hydrogen-bond acceptors (Lipinski definition) is 3. The molecule has 0 spiro atoms. The Balaban J connectivity index is 2.13. The fourth-order valence-corrected chi connectivity index (χ4v) is 1.99. The lowest BCUT2D eigenvalue weighted by Crippen LogP contribution is -2.34. The van der Waals surface area contributed by atoms with E-state index in [4.69, 9.17) is 5.11 Å². The number of rotatable bonds is 5. The van der Waals surface area contributed by atoms with Gasteiger partial charge in [0.1, 0.15) is 0 Å². The molecule has 1 N–H and O–H groups in total. The van der Waals surface area contributed by atoms with Gasteiger partial charge in [0.15, 0.2) is 0 Å². The molecular formula is C10H22N2O. The molecule has 0 aromatic carbocycles. The molecule has 1 fully saturated rings. The van der Waals surface area contributed by atoms with Crippen molar-refractivity contribution < 1.29 is 5.11 Å². The first-order chi connectivity index (χ1) is 6.24. The van der Waals surface area contributed by atoms with E-state index < -0.39 is 0 Å². The van der Waals surface area contributed by atoms with Gasteiger partial charge in [-0.2, -0.15) is 0 Å². The summed E-state index contributed by atoms with van der Waals surface area (Å²) >= 11 is 0. The molecule has 0 aromatic rings. The van der Waals surface area contributed by atoms with Crippen LogP contribution in [-0.4, -0.2) is 61.3 Å². The molecule has 13 heavy (non-hydrogen) atoms. The van der Waals surface area contributed by atoms with Crippen molar-refractivity contribution in [3.05, 3.63) is 0 Å². The molecule has 3 nitrogen and oxygen atoms in total. The van der Waals surface area contributed by atoms with E-state index in [9.17, 15) is 0 Å². The van der Waals surface area contributed by atoms with Gasteiger partial charge in [-0.25, -0.2) is 0 Å². The number of hydrogen-bond donors (Lipinski definition) is 1. The van der Waals surface area contributed by atoms with E-state index in [2.05, 4.69) is 23.9 Å². The maximum Gasteiger partial charge on any atom is 0.0586 e. The zero-order chi connectivity index (χ0) is 9.68. The number of aliphatic hydroxyl groups excluding tert-OH is 1. The predicted molar refractivity (Wildman–Crippen MR) is 54.9 cm³/mol. The highest BCUT2D eigenvalue weighted by atomic mass is 16.3. The standard InChI is InChI=1S/C10H22N2O/c1-11(2)6-4-8-12-7-3-5-10(12)9-13/h10,13H,3-9H2,1-2H3/t10-/m0/s1. The zero-order valence-corrected chi connectivity index (χ0v) is 8.87. The van der Waals surface area contributed by atoms with E-state index in [1.807, 2.05) is 0 Å². The normalized spacial score (nSPS) is 24.5. The Morgan fingerprint density at radius 3 is 2.85 bits per heavy atom. The summed E-state index contributed by atoms with van der Waals surface area (Å²) in [5, 5.41) is 9.09. The third-order valence-corrected chi connectivity index (χ3v) is 2.76. The van der Waals surface area contributed by atoms with Gasteiger partial charge in [0.25, 0.3) is 0 Å². The van der Waals surface area contributed by atoms with E-state index in [-0.39, 0.29) is 0 Å². The molecule has 1 rings (SSSR count). The molecule has 0 aromatic heterocycles. The first-order valence-corrected chi connectivity index (χ1v) is 5.23. The van der Waals surface area contributed by atoms with Crippen molar-refractivity contribution in [2.24, 2.45) is 0 Å². The Hall–Kier alpha value is -0.120. The van der Waals surface area contributed by atoms with Crippen LogP contribution in [-0.2, 0) is 0 Å². The van der Waals surface area contributed by atoms with Gasteiger partial charge in [-0.05, 0) is 53.0 Å². The SMILES string of the molecule is CN(C)CCCN1CCC[C@H]1CO. The van der Waals surface area contributed by atoms with Crippen molar-refractivity contribution in [2.75, 3.05) is 40.3 Å². The smallest absolute Gasteiger partial charge is 0.0586 e. The Bertz CT molecular complexity index is 139. The highest BCUT2D eigenvalue weighted by Crippen LogP contribution is 2.16. The van der Waals surface area contributed by atoms with Gasteiger partial charge >= 0.3 is 0 Å². The first kappa shape index (κ1) is 11.0. The van der Waals surface area contributed by atoms with E-state index in [0.29, 0.717) is 12.6 Å². The molecule has 1 saturated heterocycles. The summed E-state index contributed by atoms with van der Waals surface area (Å²) in [4.78, 5) is 4.63. The van der Waals surface area contributed by atoms with E-state index in [1.165, 1.54) is 25.8 Å². The van der Waals surface area contributed by atoms with Crippen molar-refractivity contribution in [1.29, 1.82) is 0 Å². The average Bonchev–Trinajstić information content (AvgIpc) is 2.51. The Kier molecular flexibility index (Phi) is 4.70.